The molecule has 0 saturated carbocycles. The molecule has 3 rings (SSSR count). The van der Waals surface area contributed by atoms with E-state index in [0.717, 1.165) is 4.47 Å². The summed E-state index contributed by atoms with van der Waals surface area (Å²) >= 11 is 4.64. The molecule has 0 atom stereocenters. The lowest BCUT2D eigenvalue weighted by molar-refractivity contribution is 0.103. The van der Waals surface area contributed by atoms with Crippen LogP contribution in [-0.2, 0) is 10.0 Å². The van der Waals surface area contributed by atoms with Crippen LogP contribution >= 0.6 is 27.3 Å². The number of thiophene rings is 1. The molecule has 1 heterocycles. The van der Waals surface area contributed by atoms with Crippen molar-refractivity contribution >= 4 is 54.6 Å². The number of amides is 1. The van der Waals surface area contributed by atoms with Gasteiger partial charge in [-0.3, -0.25) is 9.52 Å². The molecule has 1 amide bonds. The number of benzene rings is 2. The quantitative estimate of drug-likeness (QED) is 0.615. The summed E-state index contributed by atoms with van der Waals surface area (Å²) in [5.74, 6) is -0.259. The third-order valence-corrected chi connectivity index (χ3v) is 6.48. The molecule has 2 N–H and O–H groups in total. The highest BCUT2D eigenvalue weighted by Crippen LogP contribution is 2.25. The molecule has 0 radical (unpaired) electrons. The van der Waals surface area contributed by atoms with E-state index < -0.39 is 10.0 Å². The first-order valence-electron chi connectivity index (χ1n) is 7.18. The third-order valence-electron chi connectivity index (χ3n) is 3.25. The highest BCUT2D eigenvalue weighted by molar-refractivity contribution is 9.10. The number of halogens is 1. The maximum atomic E-state index is 12.4. The molecular formula is C17H13BrN2O3S2. The summed E-state index contributed by atoms with van der Waals surface area (Å²) in [4.78, 5) is 13.0. The van der Waals surface area contributed by atoms with Crippen LogP contribution in [-0.4, -0.2) is 14.3 Å². The molecule has 0 aliphatic rings. The topological polar surface area (TPSA) is 75.3 Å². The summed E-state index contributed by atoms with van der Waals surface area (Å²) in [6, 6.07) is 16.4. The summed E-state index contributed by atoms with van der Waals surface area (Å²) < 4.78 is 28.0. The predicted molar refractivity (Wildman–Crippen MR) is 104 cm³/mol. The van der Waals surface area contributed by atoms with Crippen LogP contribution in [0.15, 0.2) is 75.4 Å². The predicted octanol–water partition coefficient (Wildman–Crippen LogP) is 4.56. The first-order valence-corrected chi connectivity index (χ1v) is 10.3. The summed E-state index contributed by atoms with van der Waals surface area (Å²) in [7, 11) is -3.68. The van der Waals surface area contributed by atoms with Crippen molar-refractivity contribution in [3.05, 3.63) is 75.4 Å². The first kappa shape index (κ1) is 17.7. The van der Waals surface area contributed by atoms with Crippen molar-refractivity contribution in [2.45, 2.75) is 4.90 Å². The average Bonchev–Trinajstić information content (AvgIpc) is 3.02. The van der Waals surface area contributed by atoms with E-state index in [-0.39, 0.29) is 10.8 Å². The Labute approximate surface area is 157 Å². The van der Waals surface area contributed by atoms with E-state index in [1.807, 2.05) is 5.38 Å². The van der Waals surface area contributed by atoms with Gasteiger partial charge in [-0.15, -0.1) is 11.3 Å². The van der Waals surface area contributed by atoms with Crippen LogP contribution in [0.4, 0.5) is 11.4 Å². The number of anilines is 2. The van der Waals surface area contributed by atoms with Crippen LogP contribution in [0.5, 0.6) is 0 Å². The lowest BCUT2D eigenvalue weighted by Gasteiger charge is -2.10. The van der Waals surface area contributed by atoms with E-state index in [0.29, 0.717) is 16.3 Å². The van der Waals surface area contributed by atoms with E-state index in [1.165, 1.54) is 23.5 Å². The molecule has 0 aliphatic carbocycles. The lowest BCUT2D eigenvalue weighted by atomic mass is 10.3. The van der Waals surface area contributed by atoms with Crippen LogP contribution in [0.25, 0.3) is 0 Å². The van der Waals surface area contributed by atoms with Crippen molar-refractivity contribution in [2.75, 3.05) is 10.0 Å². The molecule has 5 nitrogen and oxygen atoms in total. The smallest absolute Gasteiger partial charge is 0.266 e. The van der Waals surface area contributed by atoms with Crippen molar-refractivity contribution in [3.63, 3.8) is 0 Å². The summed E-state index contributed by atoms with van der Waals surface area (Å²) in [6.45, 7) is 0. The minimum atomic E-state index is -3.68. The second-order valence-electron chi connectivity index (χ2n) is 5.05. The number of sulfonamides is 1. The second kappa shape index (κ2) is 7.38. The van der Waals surface area contributed by atoms with Gasteiger partial charge in [0, 0.05) is 10.2 Å². The van der Waals surface area contributed by atoms with Crippen LogP contribution in [0.1, 0.15) is 9.67 Å². The Morgan fingerprint density at radius 3 is 2.36 bits per heavy atom. The fraction of sp³-hybridized carbons (Fsp3) is 0. The maximum Gasteiger partial charge on any atom is 0.266 e. The Morgan fingerprint density at radius 1 is 0.960 bits per heavy atom. The van der Waals surface area contributed by atoms with Crippen LogP contribution in [0, 0.1) is 0 Å². The Hall–Kier alpha value is -2.16. The van der Waals surface area contributed by atoms with Crippen molar-refractivity contribution in [1.29, 1.82) is 0 Å². The first-order chi connectivity index (χ1) is 12.0. The molecule has 128 valence electrons. The number of hydrogen-bond acceptors (Lipinski definition) is 4. The average molecular weight is 437 g/mol. The number of carbonyl (C=O) groups excluding carboxylic acids is 1. The largest absolute Gasteiger partial charge is 0.321 e. The van der Waals surface area contributed by atoms with Gasteiger partial charge in [-0.05, 0) is 57.7 Å². The zero-order valence-corrected chi connectivity index (χ0v) is 16.0. The van der Waals surface area contributed by atoms with E-state index in [2.05, 4.69) is 26.0 Å². The molecule has 0 bridgehead atoms. The molecule has 3 aromatic rings. The third kappa shape index (κ3) is 4.28. The number of rotatable bonds is 5. The zero-order valence-electron chi connectivity index (χ0n) is 12.8. The monoisotopic (exact) mass is 436 g/mol. The van der Waals surface area contributed by atoms with E-state index in [1.54, 1.807) is 48.5 Å². The van der Waals surface area contributed by atoms with Gasteiger partial charge in [0.05, 0.1) is 10.6 Å². The minimum Gasteiger partial charge on any atom is -0.321 e. The van der Waals surface area contributed by atoms with Gasteiger partial charge in [-0.2, -0.15) is 0 Å². The van der Waals surface area contributed by atoms with Crippen LogP contribution < -0.4 is 10.0 Å². The molecule has 0 spiro atoms. The van der Waals surface area contributed by atoms with Gasteiger partial charge in [0.15, 0.2) is 0 Å². The molecule has 0 fully saturated rings. The highest BCUT2D eigenvalue weighted by Gasteiger charge is 2.15. The van der Waals surface area contributed by atoms with Gasteiger partial charge in [0.25, 0.3) is 15.9 Å². The van der Waals surface area contributed by atoms with Gasteiger partial charge >= 0.3 is 0 Å². The van der Waals surface area contributed by atoms with E-state index in [9.17, 15) is 13.2 Å². The van der Waals surface area contributed by atoms with E-state index in [4.69, 9.17) is 0 Å². The molecule has 0 saturated heterocycles. The number of nitrogens with one attached hydrogen (secondary N) is 2. The molecule has 2 aromatic carbocycles. The fourth-order valence-corrected chi connectivity index (χ4v) is 4.63. The Balaban J connectivity index is 1.78. The summed E-state index contributed by atoms with van der Waals surface area (Å²) in [6.07, 6.45) is 0. The fourth-order valence-electron chi connectivity index (χ4n) is 2.12. The van der Waals surface area contributed by atoms with Crippen LogP contribution in [0.3, 0.4) is 0 Å². The summed E-state index contributed by atoms with van der Waals surface area (Å²) in [5.41, 5.74) is 0.866. The van der Waals surface area contributed by atoms with Crippen molar-refractivity contribution in [2.24, 2.45) is 0 Å². The Kier molecular flexibility index (Phi) is 5.22. The zero-order chi connectivity index (χ0) is 17.9. The molecule has 0 aliphatic heterocycles. The van der Waals surface area contributed by atoms with Crippen molar-refractivity contribution in [3.8, 4) is 0 Å². The van der Waals surface area contributed by atoms with Gasteiger partial charge in [-0.25, -0.2) is 8.42 Å². The minimum absolute atomic E-state index is 0.173. The molecule has 25 heavy (non-hydrogen) atoms. The summed E-state index contributed by atoms with van der Waals surface area (Å²) in [5, 5.41) is 4.57. The lowest BCUT2D eigenvalue weighted by Crippen LogP contribution is -2.14. The second-order valence-corrected chi connectivity index (χ2v) is 8.50. The standard InChI is InChI=1S/C17H13BrN2O3S2/c18-15-9-10-24-16(15)17(21)19-12-5-4-6-13(11-12)20-25(22,23)14-7-2-1-3-8-14/h1-11,20H,(H,19,21). The SMILES string of the molecule is O=C(Nc1cccc(NS(=O)(=O)c2ccccc2)c1)c1sccc1Br. The number of carbonyl (C=O) groups is 1. The van der Waals surface area contributed by atoms with Crippen molar-refractivity contribution in [1.82, 2.24) is 0 Å². The van der Waals surface area contributed by atoms with Gasteiger partial charge in [0.1, 0.15) is 4.88 Å². The highest BCUT2D eigenvalue weighted by atomic mass is 79.9. The molecule has 1 aromatic heterocycles. The molecule has 8 heteroatoms. The van der Waals surface area contributed by atoms with Crippen molar-refractivity contribution < 1.29 is 13.2 Å². The van der Waals surface area contributed by atoms with Gasteiger partial charge in [0.2, 0.25) is 0 Å². The number of hydrogen-bond donors (Lipinski definition) is 2. The molecular weight excluding hydrogens is 424 g/mol. The van der Waals surface area contributed by atoms with Gasteiger partial charge in [-0.1, -0.05) is 24.3 Å². The van der Waals surface area contributed by atoms with Crippen LogP contribution in [0.2, 0.25) is 0 Å². The Bertz CT molecular complexity index is 1000. The Morgan fingerprint density at radius 2 is 1.68 bits per heavy atom. The van der Waals surface area contributed by atoms with Gasteiger partial charge < -0.3 is 5.32 Å². The molecule has 0 unspecified atom stereocenters. The normalized spacial score (nSPS) is 11.1. The maximum absolute atomic E-state index is 12.4. The van der Waals surface area contributed by atoms with E-state index >= 15 is 0 Å².